The standard InChI is InChI=1S/C13H27NOS/c1-2-15-13-7-10-14(11-8-13)9-5-3-4-6-12-16/h13,16H,2-12H2,1H3. The van der Waals surface area contributed by atoms with Gasteiger partial charge in [0.25, 0.3) is 0 Å². The first kappa shape index (κ1) is 14.3. The quantitative estimate of drug-likeness (QED) is 0.521. The molecule has 0 N–H and O–H groups in total. The van der Waals surface area contributed by atoms with Crippen LogP contribution in [-0.4, -0.2) is 43.0 Å². The number of unbranched alkanes of at least 4 members (excludes halogenated alkanes) is 3. The summed E-state index contributed by atoms with van der Waals surface area (Å²) in [5, 5.41) is 0. The Labute approximate surface area is 106 Å². The molecule has 0 aliphatic carbocycles. The van der Waals surface area contributed by atoms with Crippen LogP contribution >= 0.6 is 12.6 Å². The van der Waals surface area contributed by atoms with Gasteiger partial charge in [-0.1, -0.05) is 12.8 Å². The summed E-state index contributed by atoms with van der Waals surface area (Å²) in [4.78, 5) is 2.59. The van der Waals surface area contributed by atoms with E-state index in [1.807, 2.05) is 0 Å². The van der Waals surface area contributed by atoms with E-state index in [2.05, 4.69) is 24.5 Å². The van der Waals surface area contributed by atoms with E-state index in [4.69, 9.17) is 4.74 Å². The van der Waals surface area contributed by atoms with Gasteiger partial charge in [0.15, 0.2) is 0 Å². The van der Waals surface area contributed by atoms with Crippen molar-refractivity contribution in [3.63, 3.8) is 0 Å². The molecule has 0 atom stereocenters. The van der Waals surface area contributed by atoms with Gasteiger partial charge in [0.2, 0.25) is 0 Å². The van der Waals surface area contributed by atoms with Gasteiger partial charge in [0, 0.05) is 19.7 Å². The molecule has 2 nitrogen and oxygen atoms in total. The molecule has 16 heavy (non-hydrogen) atoms. The zero-order valence-electron chi connectivity index (χ0n) is 10.7. The minimum Gasteiger partial charge on any atom is -0.378 e. The van der Waals surface area contributed by atoms with Crippen LogP contribution in [0.5, 0.6) is 0 Å². The molecular formula is C13H27NOS. The molecule has 0 radical (unpaired) electrons. The average molecular weight is 245 g/mol. The molecule has 0 aromatic heterocycles. The van der Waals surface area contributed by atoms with Crippen LogP contribution in [0.25, 0.3) is 0 Å². The number of hydrogen-bond acceptors (Lipinski definition) is 3. The molecule has 1 saturated heterocycles. The van der Waals surface area contributed by atoms with Crippen LogP contribution in [0.3, 0.4) is 0 Å². The summed E-state index contributed by atoms with van der Waals surface area (Å²) in [5.41, 5.74) is 0. The van der Waals surface area contributed by atoms with Crippen LogP contribution in [0.2, 0.25) is 0 Å². The minimum atomic E-state index is 0.533. The molecule has 0 spiro atoms. The smallest absolute Gasteiger partial charge is 0.0599 e. The molecule has 96 valence electrons. The highest BCUT2D eigenvalue weighted by molar-refractivity contribution is 7.80. The molecule has 1 aliphatic heterocycles. The fourth-order valence-corrected chi connectivity index (χ4v) is 2.56. The number of piperidine rings is 1. The number of rotatable bonds is 8. The Morgan fingerprint density at radius 1 is 1.12 bits per heavy atom. The third-order valence-electron chi connectivity index (χ3n) is 3.32. The van der Waals surface area contributed by atoms with E-state index in [-0.39, 0.29) is 0 Å². The van der Waals surface area contributed by atoms with Crippen LogP contribution < -0.4 is 0 Å². The summed E-state index contributed by atoms with van der Waals surface area (Å²) in [6.45, 7) is 6.71. The fraction of sp³-hybridized carbons (Fsp3) is 1.00. The molecule has 0 aromatic carbocycles. The maximum Gasteiger partial charge on any atom is 0.0599 e. The van der Waals surface area contributed by atoms with Gasteiger partial charge in [0.1, 0.15) is 0 Å². The summed E-state index contributed by atoms with van der Waals surface area (Å²) >= 11 is 4.23. The highest BCUT2D eigenvalue weighted by Crippen LogP contribution is 2.14. The number of thiol groups is 1. The first-order valence-corrected chi connectivity index (χ1v) is 7.45. The second-order valence-electron chi connectivity index (χ2n) is 4.63. The Balaban J connectivity index is 1.95. The Morgan fingerprint density at radius 2 is 1.81 bits per heavy atom. The van der Waals surface area contributed by atoms with Crippen molar-refractivity contribution < 1.29 is 4.74 Å². The summed E-state index contributed by atoms with van der Waals surface area (Å²) in [6, 6.07) is 0. The molecule has 1 fully saturated rings. The summed E-state index contributed by atoms with van der Waals surface area (Å²) in [6.07, 6.45) is 8.33. The largest absolute Gasteiger partial charge is 0.378 e. The van der Waals surface area contributed by atoms with E-state index in [0.29, 0.717) is 6.10 Å². The third-order valence-corrected chi connectivity index (χ3v) is 3.64. The molecule has 1 heterocycles. The zero-order chi connectivity index (χ0) is 11.6. The number of nitrogens with zero attached hydrogens (tertiary/aromatic N) is 1. The van der Waals surface area contributed by atoms with Crippen LogP contribution in [-0.2, 0) is 4.74 Å². The van der Waals surface area contributed by atoms with Crippen molar-refractivity contribution in [2.75, 3.05) is 32.0 Å². The van der Waals surface area contributed by atoms with E-state index in [1.165, 1.54) is 58.2 Å². The second-order valence-corrected chi connectivity index (χ2v) is 5.08. The van der Waals surface area contributed by atoms with Crippen LogP contribution in [0.1, 0.15) is 45.4 Å². The van der Waals surface area contributed by atoms with Gasteiger partial charge < -0.3 is 9.64 Å². The Kier molecular flexibility index (Phi) is 8.34. The van der Waals surface area contributed by atoms with Crippen molar-refractivity contribution in [1.82, 2.24) is 4.90 Å². The van der Waals surface area contributed by atoms with E-state index >= 15 is 0 Å². The van der Waals surface area contributed by atoms with Gasteiger partial charge >= 0.3 is 0 Å². The first-order valence-electron chi connectivity index (χ1n) is 6.81. The van der Waals surface area contributed by atoms with E-state index in [1.54, 1.807) is 0 Å². The molecule has 0 saturated carbocycles. The molecule has 1 aliphatic rings. The third kappa shape index (κ3) is 6.12. The Hall–Kier alpha value is 0.270. The molecule has 0 aromatic rings. The molecule has 0 amide bonds. The number of ether oxygens (including phenoxy) is 1. The Morgan fingerprint density at radius 3 is 2.44 bits per heavy atom. The SMILES string of the molecule is CCOC1CCN(CCCCCCS)CC1. The van der Waals surface area contributed by atoms with Gasteiger partial charge in [-0.3, -0.25) is 0 Å². The lowest BCUT2D eigenvalue weighted by Gasteiger charge is -2.31. The molecular weight excluding hydrogens is 218 g/mol. The predicted molar refractivity (Wildman–Crippen MR) is 73.4 cm³/mol. The molecule has 0 bridgehead atoms. The molecule has 0 unspecified atom stereocenters. The Bertz CT molecular complexity index is 158. The number of hydrogen-bond donors (Lipinski definition) is 1. The van der Waals surface area contributed by atoms with Crippen molar-refractivity contribution in [2.45, 2.75) is 51.6 Å². The van der Waals surface area contributed by atoms with Crippen LogP contribution in [0.4, 0.5) is 0 Å². The maximum absolute atomic E-state index is 5.65. The van der Waals surface area contributed by atoms with E-state index in [0.717, 1.165) is 12.4 Å². The normalized spacial score (nSPS) is 19.1. The molecule has 3 heteroatoms. The zero-order valence-corrected chi connectivity index (χ0v) is 11.6. The van der Waals surface area contributed by atoms with Gasteiger partial charge in [-0.15, -0.1) is 0 Å². The van der Waals surface area contributed by atoms with Gasteiger partial charge in [-0.2, -0.15) is 12.6 Å². The topological polar surface area (TPSA) is 12.5 Å². The van der Waals surface area contributed by atoms with Crippen molar-refractivity contribution in [1.29, 1.82) is 0 Å². The summed E-state index contributed by atoms with van der Waals surface area (Å²) in [7, 11) is 0. The van der Waals surface area contributed by atoms with Gasteiger partial charge in [0.05, 0.1) is 6.10 Å². The number of likely N-dealkylation sites (tertiary alicyclic amines) is 1. The van der Waals surface area contributed by atoms with Crippen molar-refractivity contribution >= 4 is 12.6 Å². The van der Waals surface area contributed by atoms with Gasteiger partial charge in [-0.05, 0) is 44.9 Å². The highest BCUT2D eigenvalue weighted by Gasteiger charge is 2.18. The highest BCUT2D eigenvalue weighted by atomic mass is 32.1. The van der Waals surface area contributed by atoms with Crippen molar-refractivity contribution in [3.05, 3.63) is 0 Å². The monoisotopic (exact) mass is 245 g/mol. The summed E-state index contributed by atoms with van der Waals surface area (Å²) in [5.74, 6) is 1.04. The van der Waals surface area contributed by atoms with Crippen LogP contribution in [0.15, 0.2) is 0 Å². The lowest BCUT2D eigenvalue weighted by Crippen LogP contribution is -2.37. The second kappa shape index (κ2) is 9.32. The van der Waals surface area contributed by atoms with Crippen molar-refractivity contribution in [3.8, 4) is 0 Å². The first-order chi connectivity index (χ1) is 7.86. The molecule has 1 rings (SSSR count). The predicted octanol–water partition coefficient (Wildman–Crippen LogP) is 2.98. The summed E-state index contributed by atoms with van der Waals surface area (Å²) < 4.78 is 5.65. The average Bonchev–Trinajstić information content (AvgIpc) is 2.31. The van der Waals surface area contributed by atoms with E-state index < -0.39 is 0 Å². The minimum absolute atomic E-state index is 0.533. The lowest BCUT2D eigenvalue weighted by molar-refractivity contribution is 0.0140. The van der Waals surface area contributed by atoms with E-state index in [9.17, 15) is 0 Å². The van der Waals surface area contributed by atoms with Gasteiger partial charge in [-0.25, -0.2) is 0 Å². The fourth-order valence-electron chi connectivity index (χ4n) is 2.34. The maximum atomic E-state index is 5.65. The van der Waals surface area contributed by atoms with Crippen LogP contribution in [0, 0.1) is 0 Å². The van der Waals surface area contributed by atoms with Crippen molar-refractivity contribution in [2.24, 2.45) is 0 Å². The lowest BCUT2D eigenvalue weighted by atomic mass is 10.1.